The van der Waals surface area contributed by atoms with Crippen LogP contribution in [0.1, 0.15) is 6.42 Å². The second-order valence-electron chi connectivity index (χ2n) is 3.54. The van der Waals surface area contributed by atoms with E-state index in [1.54, 1.807) is 6.20 Å². The Labute approximate surface area is 103 Å². The number of anilines is 1. The summed E-state index contributed by atoms with van der Waals surface area (Å²) in [5, 5.41) is 8.86. The van der Waals surface area contributed by atoms with Gasteiger partial charge in [0.15, 0.2) is 20.1 Å². The predicted octanol–water partition coefficient (Wildman–Crippen LogP) is 0.617. The van der Waals surface area contributed by atoms with Crippen molar-refractivity contribution in [1.82, 2.24) is 10.3 Å². The number of rotatable bonds is 2. The number of nitrogens with zero attached hydrogens (tertiary/aromatic N) is 1. The van der Waals surface area contributed by atoms with Crippen LogP contribution in [-0.4, -0.2) is 36.1 Å². The molecule has 0 radical (unpaired) electrons. The molecule has 1 aliphatic heterocycles. The highest BCUT2D eigenvalue weighted by Gasteiger charge is 2.28. The molecule has 2 N–H and O–H groups in total. The molecule has 5 nitrogen and oxygen atoms in total. The van der Waals surface area contributed by atoms with Crippen molar-refractivity contribution in [3.8, 4) is 0 Å². The molecule has 1 saturated heterocycles. The highest BCUT2D eigenvalue weighted by molar-refractivity contribution is 7.91. The van der Waals surface area contributed by atoms with E-state index in [4.69, 9.17) is 12.2 Å². The van der Waals surface area contributed by atoms with E-state index in [9.17, 15) is 8.42 Å². The van der Waals surface area contributed by atoms with Crippen LogP contribution in [0.25, 0.3) is 0 Å². The third-order valence-corrected chi connectivity index (χ3v) is 4.90. The number of hydrogen-bond donors (Lipinski definition) is 2. The minimum absolute atomic E-state index is 0.0787. The number of nitrogens with one attached hydrogen (secondary N) is 2. The summed E-state index contributed by atoms with van der Waals surface area (Å²) in [4.78, 5) is 4.02. The molecule has 1 aromatic rings. The molecule has 0 unspecified atom stereocenters. The number of aromatic nitrogens is 1. The fourth-order valence-corrected chi connectivity index (χ4v) is 4.05. The molecule has 0 aromatic carbocycles. The minimum atomic E-state index is -2.87. The first kappa shape index (κ1) is 11.7. The minimum Gasteiger partial charge on any atom is -0.359 e. The number of sulfone groups is 1. The molecule has 16 heavy (non-hydrogen) atoms. The molecule has 1 fully saturated rings. The first-order valence-electron chi connectivity index (χ1n) is 4.72. The van der Waals surface area contributed by atoms with Crippen LogP contribution in [0.5, 0.6) is 0 Å². The van der Waals surface area contributed by atoms with Crippen molar-refractivity contribution in [3.05, 3.63) is 11.6 Å². The SMILES string of the molecule is O=S1(=O)CC[C@H](NC(=S)Nc2nccs2)C1. The Morgan fingerprint density at radius 2 is 2.44 bits per heavy atom. The summed E-state index contributed by atoms with van der Waals surface area (Å²) in [5.41, 5.74) is 0. The maximum atomic E-state index is 11.2. The van der Waals surface area contributed by atoms with Crippen LogP contribution in [0.15, 0.2) is 11.6 Å². The monoisotopic (exact) mass is 277 g/mol. The molecule has 1 aromatic heterocycles. The van der Waals surface area contributed by atoms with Crippen LogP contribution in [-0.2, 0) is 9.84 Å². The zero-order valence-corrected chi connectivity index (χ0v) is 10.8. The maximum Gasteiger partial charge on any atom is 0.188 e. The Hall–Kier alpha value is -0.730. The van der Waals surface area contributed by atoms with Gasteiger partial charge in [0.05, 0.1) is 11.5 Å². The maximum absolute atomic E-state index is 11.2. The standard InChI is InChI=1S/C8H11N3O2S3/c12-16(13)4-1-6(5-16)10-7(14)11-8-9-2-3-15-8/h2-3,6H,1,4-5H2,(H2,9,10,11,14)/t6-/m0/s1. The van der Waals surface area contributed by atoms with Gasteiger partial charge < -0.3 is 10.6 Å². The molecule has 1 atom stereocenters. The molecule has 0 spiro atoms. The van der Waals surface area contributed by atoms with Gasteiger partial charge >= 0.3 is 0 Å². The van der Waals surface area contributed by atoms with Crippen molar-refractivity contribution in [3.63, 3.8) is 0 Å². The summed E-state index contributed by atoms with van der Waals surface area (Å²) < 4.78 is 22.5. The van der Waals surface area contributed by atoms with Gasteiger partial charge in [-0.1, -0.05) is 0 Å². The van der Waals surface area contributed by atoms with Crippen molar-refractivity contribution in [1.29, 1.82) is 0 Å². The van der Waals surface area contributed by atoms with Gasteiger partial charge in [0.2, 0.25) is 0 Å². The first-order chi connectivity index (χ1) is 7.55. The molecule has 8 heteroatoms. The Bertz CT molecular complexity index is 469. The highest BCUT2D eigenvalue weighted by atomic mass is 32.2. The van der Waals surface area contributed by atoms with Crippen LogP contribution < -0.4 is 10.6 Å². The van der Waals surface area contributed by atoms with Crippen LogP contribution in [0.4, 0.5) is 5.13 Å². The molecule has 0 aliphatic carbocycles. The summed E-state index contributed by atoms with van der Waals surface area (Å²) >= 11 is 6.50. The van der Waals surface area contributed by atoms with Crippen LogP contribution in [0.2, 0.25) is 0 Å². The zero-order valence-electron chi connectivity index (χ0n) is 8.34. The Balaban J connectivity index is 1.85. The van der Waals surface area contributed by atoms with Crippen molar-refractivity contribution >= 4 is 43.6 Å². The van der Waals surface area contributed by atoms with Crippen LogP contribution >= 0.6 is 23.6 Å². The summed E-state index contributed by atoms with van der Waals surface area (Å²) in [6.07, 6.45) is 2.29. The van der Waals surface area contributed by atoms with Crippen molar-refractivity contribution in [2.75, 3.05) is 16.8 Å². The van der Waals surface area contributed by atoms with Gasteiger partial charge in [-0.25, -0.2) is 13.4 Å². The van der Waals surface area contributed by atoms with Crippen LogP contribution in [0, 0.1) is 0 Å². The van der Waals surface area contributed by atoms with E-state index in [1.807, 2.05) is 5.38 Å². The topological polar surface area (TPSA) is 71.1 Å². The average Bonchev–Trinajstić information content (AvgIpc) is 2.76. The molecule has 0 amide bonds. The quantitative estimate of drug-likeness (QED) is 0.772. The van der Waals surface area contributed by atoms with E-state index in [1.165, 1.54) is 11.3 Å². The number of hydrogen-bond acceptors (Lipinski definition) is 5. The second kappa shape index (κ2) is 4.64. The van der Waals surface area contributed by atoms with E-state index in [0.29, 0.717) is 16.7 Å². The predicted molar refractivity (Wildman–Crippen MR) is 68.5 cm³/mol. The molecule has 2 heterocycles. The first-order valence-corrected chi connectivity index (χ1v) is 7.83. The zero-order chi connectivity index (χ0) is 11.6. The summed E-state index contributed by atoms with van der Waals surface area (Å²) in [6.45, 7) is 0. The van der Waals surface area contributed by atoms with Crippen molar-refractivity contribution in [2.45, 2.75) is 12.5 Å². The largest absolute Gasteiger partial charge is 0.359 e. The normalized spacial score (nSPS) is 22.9. The number of thiazole rings is 1. The third kappa shape index (κ3) is 3.13. The van der Waals surface area contributed by atoms with Gasteiger partial charge in [0, 0.05) is 17.6 Å². The lowest BCUT2D eigenvalue weighted by atomic mass is 10.3. The Morgan fingerprint density at radius 1 is 1.62 bits per heavy atom. The fourth-order valence-electron chi connectivity index (χ4n) is 1.51. The Morgan fingerprint density at radius 3 is 3.00 bits per heavy atom. The van der Waals surface area contributed by atoms with Gasteiger partial charge in [-0.2, -0.15) is 0 Å². The molecule has 0 saturated carbocycles. The van der Waals surface area contributed by atoms with Crippen molar-refractivity contribution in [2.24, 2.45) is 0 Å². The fraction of sp³-hybridized carbons (Fsp3) is 0.500. The third-order valence-electron chi connectivity index (χ3n) is 2.22. The van der Waals surface area contributed by atoms with Crippen LogP contribution in [0.3, 0.4) is 0 Å². The summed E-state index contributed by atoms with van der Waals surface area (Å²) in [6, 6.07) is -0.0787. The van der Waals surface area contributed by atoms with E-state index in [0.717, 1.165) is 0 Å². The lowest BCUT2D eigenvalue weighted by molar-refractivity contribution is 0.600. The van der Waals surface area contributed by atoms with E-state index >= 15 is 0 Å². The summed E-state index contributed by atoms with van der Waals surface area (Å²) in [5.74, 6) is 0.400. The molecule has 1 aliphatic rings. The Kier molecular flexibility index (Phi) is 3.41. The van der Waals surface area contributed by atoms with Gasteiger partial charge in [0.1, 0.15) is 0 Å². The molecule has 88 valence electrons. The van der Waals surface area contributed by atoms with E-state index in [-0.39, 0.29) is 17.5 Å². The lowest BCUT2D eigenvalue weighted by Gasteiger charge is -2.13. The average molecular weight is 277 g/mol. The van der Waals surface area contributed by atoms with Gasteiger partial charge in [-0.05, 0) is 18.6 Å². The second-order valence-corrected chi connectivity index (χ2v) is 7.07. The van der Waals surface area contributed by atoms with Crippen molar-refractivity contribution < 1.29 is 8.42 Å². The van der Waals surface area contributed by atoms with Gasteiger partial charge in [0.25, 0.3) is 0 Å². The van der Waals surface area contributed by atoms with Gasteiger partial charge in [-0.3, -0.25) is 0 Å². The molecular formula is C8H11N3O2S3. The van der Waals surface area contributed by atoms with E-state index in [2.05, 4.69) is 15.6 Å². The number of thiocarbonyl (C=S) groups is 1. The lowest BCUT2D eigenvalue weighted by Crippen LogP contribution is -2.38. The van der Waals surface area contributed by atoms with E-state index < -0.39 is 9.84 Å². The molecule has 2 rings (SSSR count). The summed E-state index contributed by atoms with van der Waals surface area (Å²) in [7, 11) is -2.87. The molecular weight excluding hydrogens is 266 g/mol. The highest BCUT2D eigenvalue weighted by Crippen LogP contribution is 2.13. The molecule has 0 bridgehead atoms. The smallest absolute Gasteiger partial charge is 0.188 e. The van der Waals surface area contributed by atoms with Gasteiger partial charge in [-0.15, -0.1) is 11.3 Å².